The molecule has 0 bridgehead atoms. The highest BCUT2D eigenvalue weighted by Crippen LogP contribution is 2.17. The Hall–Kier alpha value is -1.51. The number of esters is 1. The van der Waals surface area contributed by atoms with Crippen LogP contribution < -0.4 is 5.32 Å². The van der Waals surface area contributed by atoms with Crippen LogP contribution in [0.15, 0.2) is 24.3 Å². The maximum atomic E-state index is 11.3. The van der Waals surface area contributed by atoms with Gasteiger partial charge in [0, 0.05) is 5.69 Å². The smallest absolute Gasteiger partial charge is 0.327 e. The first kappa shape index (κ1) is 12.6. The molecule has 0 saturated heterocycles. The number of benzene rings is 1. The molecule has 3 heteroatoms. The van der Waals surface area contributed by atoms with Gasteiger partial charge in [-0.2, -0.15) is 0 Å². The Morgan fingerprint density at radius 2 is 2.12 bits per heavy atom. The molecule has 1 aromatic carbocycles. The maximum absolute atomic E-state index is 11.3. The highest BCUT2D eigenvalue weighted by Gasteiger charge is 2.13. The van der Waals surface area contributed by atoms with Gasteiger partial charge >= 0.3 is 5.97 Å². The summed E-state index contributed by atoms with van der Waals surface area (Å²) >= 11 is 0. The summed E-state index contributed by atoms with van der Waals surface area (Å²) in [7, 11) is 1.40. The summed E-state index contributed by atoms with van der Waals surface area (Å²) in [5.41, 5.74) is 2.25. The largest absolute Gasteiger partial charge is 0.467 e. The van der Waals surface area contributed by atoms with E-state index in [-0.39, 0.29) is 12.0 Å². The maximum Gasteiger partial charge on any atom is 0.327 e. The predicted molar refractivity (Wildman–Crippen MR) is 65.5 cm³/mol. The number of hydrogen-bond acceptors (Lipinski definition) is 3. The summed E-state index contributed by atoms with van der Waals surface area (Å²) in [5.74, 6) is -0.244. The first-order valence-corrected chi connectivity index (χ1v) is 5.61. The molecular formula is C13H19NO2. The van der Waals surface area contributed by atoms with Gasteiger partial charge in [-0.05, 0) is 25.0 Å². The third kappa shape index (κ3) is 3.26. The lowest BCUT2D eigenvalue weighted by Crippen LogP contribution is -2.27. The first-order chi connectivity index (χ1) is 7.69. The lowest BCUT2D eigenvalue weighted by atomic mass is 10.1. The van der Waals surface area contributed by atoms with Gasteiger partial charge in [0.25, 0.3) is 0 Å². The second-order valence-electron chi connectivity index (χ2n) is 3.80. The molecule has 1 N–H and O–H groups in total. The lowest BCUT2D eigenvalue weighted by molar-refractivity contribution is -0.141. The van der Waals surface area contributed by atoms with E-state index in [0.717, 1.165) is 18.5 Å². The molecule has 0 spiro atoms. The van der Waals surface area contributed by atoms with Crippen molar-refractivity contribution in [1.29, 1.82) is 0 Å². The second kappa shape index (κ2) is 6.16. The van der Waals surface area contributed by atoms with E-state index in [0.29, 0.717) is 0 Å². The zero-order chi connectivity index (χ0) is 12.0. The molecule has 1 aromatic rings. The summed E-state index contributed by atoms with van der Waals surface area (Å²) in [6.45, 7) is 3.94. The second-order valence-corrected chi connectivity index (χ2v) is 3.80. The minimum Gasteiger partial charge on any atom is -0.467 e. The van der Waals surface area contributed by atoms with Crippen LogP contribution in [0.2, 0.25) is 0 Å². The number of ether oxygens (including phenoxy) is 1. The average molecular weight is 221 g/mol. The van der Waals surface area contributed by atoms with Gasteiger partial charge in [0.2, 0.25) is 0 Å². The third-order valence-corrected chi connectivity index (χ3v) is 2.46. The van der Waals surface area contributed by atoms with Crippen LogP contribution >= 0.6 is 0 Å². The van der Waals surface area contributed by atoms with E-state index in [1.54, 1.807) is 6.92 Å². The topological polar surface area (TPSA) is 38.3 Å². The van der Waals surface area contributed by atoms with Gasteiger partial charge in [0.1, 0.15) is 6.04 Å². The van der Waals surface area contributed by atoms with Gasteiger partial charge in [-0.3, -0.25) is 0 Å². The van der Waals surface area contributed by atoms with Crippen molar-refractivity contribution >= 4 is 11.7 Å². The number of rotatable bonds is 5. The van der Waals surface area contributed by atoms with Crippen LogP contribution in [0.5, 0.6) is 0 Å². The Morgan fingerprint density at radius 3 is 2.75 bits per heavy atom. The quantitative estimate of drug-likeness (QED) is 0.777. The number of carbonyl (C=O) groups excluding carboxylic acids is 1. The average Bonchev–Trinajstić information content (AvgIpc) is 2.31. The van der Waals surface area contributed by atoms with Crippen molar-refractivity contribution < 1.29 is 9.53 Å². The number of hydrogen-bond donors (Lipinski definition) is 1. The van der Waals surface area contributed by atoms with Gasteiger partial charge in [-0.25, -0.2) is 4.79 Å². The van der Waals surface area contributed by atoms with Crippen molar-refractivity contribution in [3.8, 4) is 0 Å². The number of nitrogens with one attached hydrogen (secondary N) is 1. The fourth-order valence-electron chi connectivity index (χ4n) is 1.62. The number of aryl methyl sites for hydroxylation is 1. The normalized spacial score (nSPS) is 11.9. The van der Waals surface area contributed by atoms with Crippen molar-refractivity contribution in [1.82, 2.24) is 0 Å². The minimum atomic E-state index is -0.317. The SMILES string of the molecule is CCCc1ccccc1N[C@H](C)C(=O)OC. The van der Waals surface area contributed by atoms with Crippen LogP contribution in [0, 0.1) is 0 Å². The van der Waals surface area contributed by atoms with Crippen molar-refractivity contribution in [2.75, 3.05) is 12.4 Å². The van der Waals surface area contributed by atoms with Crippen LogP contribution in [0.25, 0.3) is 0 Å². The summed E-state index contributed by atoms with van der Waals surface area (Å²) in [6, 6.07) is 7.73. The first-order valence-electron chi connectivity index (χ1n) is 5.61. The monoisotopic (exact) mass is 221 g/mol. The molecule has 0 aromatic heterocycles. The molecule has 0 saturated carbocycles. The fourth-order valence-corrected chi connectivity index (χ4v) is 1.62. The number of para-hydroxylation sites is 1. The van der Waals surface area contributed by atoms with E-state index < -0.39 is 0 Å². The van der Waals surface area contributed by atoms with Crippen LogP contribution in [-0.4, -0.2) is 19.1 Å². The van der Waals surface area contributed by atoms with E-state index in [1.165, 1.54) is 12.7 Å². The summed E-state index contributed by atoms with van der Waals surface area (Å²) < 4.78 is 4.68. The van der Waals surface area contributed by atoms with Gasteiger partial charge in [0.05, 0.1) is 7.11 Å². The molecule has 0 aliphatic rings. The molecule has 3 nitrogen and oxygen atoms in total. The summed E-state index contributed by atoms with van der Waals surface area (Å²) in [4.78, 5) is 11.3. The Labute approximate surface area is 96.8 Å². The molecule has 0 fully saturated rings. The fraction of sp³-hybridized carbons (Fsp3) is 0.462. The van der Waals surface area contributed by atoms with Crippen LogP contribution in [0.1, 0.15) is 25.8 Å². The van der Waals surface area contributed by atoms with Crippen molar-refractivity contribution in [2.24, 2.45) is 0 Å². The molecule has 1 atom stereocenters. The highest BCUT2D eigenvalue weighted by molar-refractivity contribution is 5.79. The zero-order valence-electron chi connectivity index (χ0n) is 10.1. The van der Waals surface area contributed by atoms with Crippen LogP contribution in [-0.2, 0) is 16.0 Å². The molecule has 0 aliphatic carbocycles. The summed E-state index contributed by atoms with van der Waals surface area (Å²) in [5, 5.41) is 3.17. The predicted octanol–water partition coefficient (Wildman–Crippen LogP) is 2.61. The standard InChI is InChI=1S/C13H19NO2/c1-4-7-11-8-5-6-9-12(11)14-10(2)13(15)16-3/h5-6,8-10,14H,4,7H2,1-3H3/t10-/m1/s1. The molecule has 0 unspecified atom stereocenters. The molecule has 0 radical (unpaired) electrons. The molecular weight excluding hydrogens is 202 g/mol. The lowest BCUT2D eigenvalue weighted by Gasteiger charge is -2.16. The van der Waals surface area contributed by atoms with E-state index in [4.69, 9.17) is 0 Å². The Morgan fingerprint density at radius 1 is 1.44 bits per heavy atom. The molecule has 0 aliphatic heterocycles. The molecule has 16 heavy (non-hydrogen) atoms. The van der Waals surface area contributed by atoms with E-state index in [2.05, 4.69) is 23.0 Å². The number of anilines is 1. The van der Waals surface area contributed by atoms with Crippen LogP contribution in [0.4, 0.5) is 5.69 Å². The molecule has 0 heterocycles. The Kier molecular flexibility index (Phi) is 4.83. The van der Waals surface area contributed by atoms with Gasteiger partial charge in [-0.15, -0.1) is 0 Å². The van der Waals surface area contributed by atoms with E-state index in [9.17, 15) is 4.79 Å². The van der Waals surface area contributed by atoms with Gasteiger partial charge < -0.3 is 10.1 Å². The Bertz CT molecular complexity index is 350. The third-order valence-electron chi connectivity index (χ3n) is 2.46. The number of methoxy groups -OCH3 is 1. The van der Waals surface area contributed by atoms with E-state index in [1.807, 2.05) is 18.2 Å². The van der Waals surface area contributed by atoms with Gasteiger partial charge in [0.15, 0.2) is 0 Å². The van der Waals surface area contributed by atoms with E-state index >= 15 is 0 Å². The molecule has 1 rings (SSSR count). The molecule has 0 amide bonds. The van der Waals surface area contributed by atoms with Crippen molar-refractivity contribution in [2.45, 2.75) is 32.7 Å². The Balaban J connectivity index is 2.75. The summed E-state index contributed by atoms with van der Waals surface area (Å²) in [6.07, 6.45) is 2.10. The van der Waals surface area contributed by atoms with Crippen molar-refractivity contribution in [3.63, 3.8) is 0 Å². The zero-order valence-corrected chi connectivity index (χ0v) is 10.1. The van der Waals surface area contributed by atoms with Crippen LogP contribution in [0.3, 0.4) is 0 Å². The van der Waals surface area contributed by atoms with Gasteiger partial charge in [-0.1, -0.05) is 31.5 Å². The van der Waals surface area contributed by atoms with Crippen molar-refractivity contribution in [3.05, 3.63) is 29.8 Å². The highest BCUT2D eigenvalue weighted by atomic mass is 16.5. The molecule has 88 valence electrons. The number of carbonyl (C=O) groups is 1. The minimum absolute atomic E-state index is 0.244.